The second kappa shape index (κ2) is 8.13. The number of aryl methyl sites for hydroxylation is 1. The fraction of sp³-hybridized carbons (Fsp3) is 0.600. The molecule has 2 heteroatoms. The van der Waals surface area contributed by atoms with Gasteiger partial charge in [0.25, 0.3) is 0 Å². The third kappa shape index (κ3) is 6.32. The van der Waals surface area contributed by atoms with Crippen molar-refractivity contribution in [3.05, 3.63) is 29.8 Å². The lowest BCUT2D eigenvalue weighted by molar-refractivity contribution is 0.0387. The smallest absolute Gasteiger partial charge is 0.119 e. The molecule has 96 valence electrons. The first-order valence-corrected chi connectivity index (χ1v) is 6.53. The van der Waals surface area contributed by atoms with Crippen LogP contribution in [-0.4, -0.2) is 19.3 Å². The van der Waals surface area contributed by atoms with Crippen molar-refractivity contribution < 1.29 is 9.47 Å². The van der Waals surface area contributed by atoms with Crippen LogP contribution in [0.1, 0.15) is 38.7 Å². The summed E-state index contributed by atoms with van der Waals surface area (Å²) in [4.78, 5) is 0. The monoisotopic (exact) mass is 236 g/mol. The molecular formula is C15H24O2. The van der Waals surface area contributed by atoms with Gasteiger partial charge in [-0.15, -0.1) is 0 Å². The van der Waals surface area contributed by atoms with E-state index in [2.05, 4.69) is 32.9 Å². The minimum absolute atomic E-state index is 0.344. The maximum Gasteiger partial charge on any atom is 0.119 e. The summed E-state index contributed by atoms with van der Waals surface area (Å²) in [5.74, 6) is 0.917. The molecule has 1 aromatic carbocycles. The average Bonchev–Trinajstić information content (AvgIpc) is 2.34. The molecule has 0 aliphatic heterocycles. The van der Waals surface area contributed by atoms with Crippen LogP contribution < -0.4 is 4.74 Å². The third-order valence-electron chi connectivity index (χ3n) is 2.74. The highest BCUT2D eigenvalue weighted by molar-refractivity contribution is 5.26. The Morgan fingerprint density at radius 1 is 1.12 bits per heavy atom. The number of hydrogen-bond acceptors (Lipinski definition) is 2. The summed E-state index contributed by atoms with van der Waals surface area (Å²) in [6.07, 6.45) is 3.95. The van der Waals surface area contributed by atoms with Crippen LogP contribution >= 0.6 is 0 Å². The molecule has 1 rings (SSSR count). The molecular weight excluding hydrogens is 212 g/mol. The second-order valence-electron chi connectivity index (χ2n) is 4.49. The summed E-state index contributed by atoms with van der Waals surface area (Å²) in [6, 6.07) is 8.10. The number of unbranched alkanes of at least 4 members (excludes halogenated alkanes) is 1. The molecule has 0 radical (unpaired) electrons. The lowest BCUT2D eigenvalue weighted by atomic mass is 10.2. The van der Waals surface area contributed by atoms with E-state index in [0.717, 1.165) is 12.2 Å². The first-order chi connectivity index (χ1) is 8.22. The second-order valence-corrected chi connectivity index (χ2v) is 4.49. The SMILES string of the molecule is CCCCC(C)OCCOc1ccc(C)cc1. The van der Waals surface area contributed by atoms with Crippen molar-refractivity contribution in [1.29, 1.82) is 0 Å². The summed E-state index contributed by atoms with van der Waals surface area (Å²) in [5, 5.41) is 0. The van der Waals surface area contributed by atoms with E-state index in [1.165, 1.54) is 18.4 Å². The van der Waals surface area contributed by atoms with Crippen molar-refractivity contribution in [3.63, 3.8) is 0 Å². The maximum absolute atomic E-state index is 5.66. The Kier molecular flexibility index (Phi) is 6.71. The van der Waals surface area contributed by atoms with Crippen LogP contribution in [-0.2, 0) is 4.74 Å². The molecule has 0 heterocycles. The van der Waals surface area contributed by atoms with Gasteiger partial charge in [-0.3, -0.25) is 0 Å². The Hall–Kier alpha value is -1.02. The molecule has 0 saturated heterocycles. The zero-order valence-electron chi connectivity index (χ0n) is 11.2. The maximum atomic E-state index is 5.66. The van der Waals surface area contributed by atoms with E-state index in [1.807, 2.05) is 12.1 Å². The van der Waals surface area contributed by atoms with Gasteiger partial charge in [-0.05, 0) is 32.4 Å². The van der Waals surface area contributed by atoms with Crippen molar-refractivity contribution in [2.75, 3.05) is 13.2 Å². The highest BCUT2D eigenvalue weighted by Gasteiger charge is 2.01. The van der Waals surface area contributed by atoms with Crippen LogP contribution in [0, 0.1) is 6.92 Å². The van der Waals surface area contributed by atoms with E-state index in [0.29, 0.717) is 19.3 Å². The summed E-state index contributed by atoms with van der Waals surface area (Å²) >= 11 is 0. The van der Waals surface area contributed by atoms with Crippen LogP contribution in [0.3, 0.4) is 0 Å². The molecule has 0 amide bonds. The fourth-order valence-electron chi connectivity index (χ4n) is 1.62. The minimum Gasteiger partial charge on any atom is -0.491 e. The molecule has 0 fully saturated rings. The average molecular weight is 236 g/mol. The molecule has 0 saturated carbocycles. The topological polar surface area (TPSA) is 18.5 Å². The zero-order valence-corrected chi connectivity index (χ0v) is 11.2. The normalized spacial score (nSPS) is 12.4. The summed E-state index contributed by atoms with van der Waals surface area (Å²) in [5.41, 5.74) is 1.25. The predicted octanol–water partition coefficient (Wildman–Crippen LogP) is 3.97. The first-order valence-electron chi connectivity index (χ1n) is 6.53. The largest absolute Gasteiger partial charge is 0.491 e. The molecule has 0 aliphatic rings. The Morgan fingerprint density at radius 3 is 2.47 bits per heavy atom. The lowest BCUT2D eigenvalue weighted by Crippen LogP contribution is -2.14. The van der Waals surface area contributed by atoms with Crippen molar-refractivity contribution >= 4 is 0 Å². The van der Waals surface area contributed by atoms with Gasteiger partial charge >= 0.3 is 0 Å². The van der Waals surface area contributed by atoms with E-state index in [4.69, 9.17) is 9.47 Å². The van der Waals surface area contributed by atoms with Crippen molar-refractivity contribution in [2.24, 2.45) is 0 Å². The number of hydrogen-bond donors (Lipinski definition) is 0. The van der Waals surface area contributed by atoms with Gasteiger partial charge in [0.1, 0.15) is 12.4 Å². The molecule has 0 bridgehead atoms. The standard InChI is InChI=1S/C15H24O2/c1-4-5-6-14(3)16-11-12-17-15-9-7-13(2)8-10-15/h7-10,14H,4-6,11-12H2,1-3H3. The van der Waals surface area contributed by atoms with Crippen molar-refractivity contribution in [3.8, 4) is 5.75 Å². The Morgan fingerprint density at radius 2 is 1.82 bits per heavy atom. The molecule has 1 unspecified atom stereocenters. The van der Waals surface area contributed by atoms with Gasteiger partial charge in [0.05, 0.1) is 12.7 Å². The highest BCUT2D eigenvalue weighted by Crippen LogP contribution is 2.11. The van der Waals surface area contributed by atoms with Gasteiger partial charge in [0.15, 0.2) is 0 Å². The predicted molar refractivity (Wildman–Crippen MR) is 71.6 cm³/mol. The van der Waals surface area contributed by atoms with Crippen LogP contribution in [0.4, 0.5) is 0 Å². The number of ether oxygens (including phenoxy) is 2. The van der Waals surface area contributed by atoms with Gasteiger partial charge in [-0.1, -0.05) is 37.5 Å². The van der Waals surface area contributed by atoms with Crippen LogP contribution in [0.5, 0.6) is 5.75 Å². The molecule has 0 aromatic heterocycles. The van der Waals surface area contributed by atoms with E-state index in [-0.39, 0.29) is 0 Å². The molecule has 0 N–H and O–H groups in total. The van der Waals surface area contributed by atoms with Gasteiger partial charge in [-0.2, -0.15) is 0 Å². The van der Waals surface area contributed by atoms with Crippen LogP contribution in [0.15, 0.2) is 24.3 Å². The quantitative estimate of drug-likeness (QED) is 0.636. The van der Waals surface area contributed by atoms with Gasteiger partial charge in [0.2, 0.25) is 0 Å². The minimum atomic E-state index is 0.344. The molecule has 0 spiro atoms. The van der Waals surface area contributed by atoms with E-state index in [1.54, 1.807) is 0 Å². The lowest BCUT2D eigenvalue weighted by Gasteiger charge is -2.13. The molecule has 0 aliphatic carbocycles. The molecule has 1 atom stereocenters. The van der Waals surface area contributed by atoms with Gasteiger partial charge in [0, 0.05) is 0 Å². The first kappa shape index (κ1) is 14.0. The third-order valence-corrected chi connectivity index (χ3v) is 2.74. The Labute approximate surface area is 105 Å². The number of benzene rings is 1. The van der Waals surface area contributed by atoms with Crippen LogP contribution in [0.25, 0.3) is 0 Å². The molecule has 17 heavy (non-hydrogen) atoms. The Balaban J connectivity index is 2.09. The summed E-state index contributed by atoms with van der Waals surface area (Å²) in [7, 11) is 0. The van der Waals surface area contributed by atoms with E-state index < -0.39 is 0 Å². The highest BCUT2D eigenvalue weighted by atomic mass is 16.5. The molecule has 1 aromatic rings. The zero-order chi connectivity index (χ0) is 12.5. The van der Waals surface area contributed by atoms with Crippen molar-refractivity contribution in [1.82, 2.24) is 0 Å². The summed E-state index contributed by atoms with van der Waals surface area (Å²) in [6.45, 7) is 7.69. The van der Waals surface area contributed by atoms with Gasteiger partial charge in [-0.25, -0.2) is 0 Å². The molecule has 2 nitrogen and oxygen atoms in total. The van der Waals surface area contributed by atoms with E-state index in [9.17, 15) is 0 Å². The Bertz CT molecular complexity index is 292. The van der Waals surface area contributed by atoms with Crippen LogP contribution in [0.2, 0.25) is 0 Å². The summed E-state index contributed by atoms with van der Waals surface area (Å²) < 4.78 is 11.3. The fourth-order valence-corrected chi connectivity index (χ4v) is 1.62. The van der Waals surface area contributed by atoms with Gasteiger partial charge < -0.3 is 9.47 Å². The van der Waals surface area contributed by atoms with E-state index >= 15 is 0 Å². The number of rotatable bonds is 8. The van der Waals surface area contributed by atoms with Crippen molar-refractivity contribution in [2.45, 2.75) is 46.1 Å².